The predicted octanol–water partition coefficient (Wildman–Crippen LogP) is 6.51. The van der Waals surface area contributed by atoms with Gasteiger partial charge in [-0.05, 0) is 86.8 Å². The molecule has 1 aromatic rings. The van der Waals surface area contributed by atoms with Crippen molar-refractivity contribution in [1.29, 1.82) is 0 Å². The second-order valence-electron chi connectivity index (χ2n) is 9.13. The smallest absolute Gasteiger partial charge is 0.157 e. The third-order valence-electron chi connectivity index (χ3n) is 7.25. The van der Waals surface area contributed by atoms with Crippen LogP contribution >= 0.6 is 11.6 Å². The molecule has 29 heavy (non-hydrogen) atoms. The Labute approximate surface area is 179 Å². The largest absolute Gasteiger partial charge is 0.374 e. The Morgan fingerprint density at radius 2 is 1.55 bits per heavy atom. The molecule has 1 heterocycles. The molecule has 5 heteroatoms. The summed E-state index contributed by atoms with van der Waals surface area (Å²) in [7, 11) is 0. The van der Waals surface area contributed by atoms with Gasteiger partial charge >= 0.3 is 0 Å². The van der Waals surface area contributed by atoms with Crippen LogP contribution in [0.25, 0.3) is 0 Å². The summed E-state index contributed by atoms with van der Waals surface area (Å²) in [5, 5.41) is 0.171. The van der Waals surface area contributed by atoms with Gasteiger partial charge in [0.2, 0.25) is 0 Å². The molecule has 0 N–H and O–H groups in total. The van der Waals surface area contributed by atoms with Crippen LogP contribution in [0.5, 0.6) is 0 Å². The number of hydrogen-bond acceptors (Lipinski definition) is 3. The Hall–Kier alpha value is -0.680. The molecule has 0 radical (unpaired) electrons. The highest BCUT2D eigenvalue weighted by molar-refractivity contribution is 6.30. The topological polar surface area (TPSA) is 27.7 Å². The van der Waals surface area contributed by atoms with Gasteiger partial charge < -0.3 is 14.2 Å². The maximum absolute atomic E-state index is 13.6. The molecule has 0 bridgehead atoms. The molecular weight excluding hydrogens is 391 g/mol. The fraction of sp³-hybridized carbons (Fsp3) is 0.750. The molecule has 0 unspecified atom stereocenters. The number of rotatable bonds is 7. The van der Waals surface area contributed by atoms with Gasteiger partial charge in [-0.25, -0.2) is 4.39 Å². The van der Waals surface area contributed by atoms with Gasteiger partial charge in [0.1, 0.15) is 5.82 Å². The van der Waals surface area contributed by atoms with E-state index in [4.69, 9.17) is 25.8 Å². The maximum atomic E-state index is 13.6. The second kappa shape index (κ2) is 10.6. The molecule has 0 atom stereocenters. The first-order valence-corrected chi connectivity index (χ1v) is 11.8. The summed E-state index contributed by atoms with van der Waals surface area (Å²) in [6, 6.07) is 4.94. The molecule has 0 amide bonds. The van der Waals surface area contributed by atoms with Crippen LogP contribution in [0, 0.1) is 23.6 Å². The average Bonchev–Trinajstić information content (AvgIpc) is 3.28. The fourth-order valence-electron chi connectivity index (χ4n) is 5.46. The van der Waals surface area contributed by atoms with Crippen LogP contribution in [0.4, 0.5) is 4.39 Å². The zero-order valence-electron chi connectivity index (χ0n) is 17.3. The van der Waals surface area contributed by atoms with Gasteiger partial charge in [-0.2, -0.15) is 0 Å². The van der Waals surface area contributed by atoms with Crippen LogP contribution in [0.15, 0.2) is 18.2 Å². The molecule has 162 valence electrons. The Bertz CT molecular complexity index is 633. The number of benzene rings is 1. The Balaban J connectivity index is 1.12. The number of halogens is 2. The van der Waals surface area contributed by atoms with E-state index in [0.717, 1.165) is 55.8 Å². The molecule has 3 fully saturated rings. The lowest BCUT2D eigenvalue weighted by molar-refractivity contribution is -0.0516. The Morgan fingerprint density at radius 1 is 0.897 bits per heavy atom. The van der Waals surface area contributed by atoms with E-state index in [9.17, 15) is 4.39 Å². The molecule has 0 aromatic heterocycles. The van der Waals surface area contributed by atoms with Gasteiger partial charge in [0.05, 0.1) is 30.9 Å². The predicted molar refractivity (Wildman–Crippen MR) is 112 cm³/mol. The van der Waals surface area contributed by atoms with Crippen LogP contribution in [0.3, 0.4) is 0 Å². The summed E-state index contributed by atoms with van der Waals surface area (Å²) >= 11 is 5.75. The van der Waals surface area contributed by atoms with E-state index in [1.54, 1.807) is 6.07 Å². The fourth-order valence-corrected chi connectivity index (χ4v) is 5.58. The van der Waals surface area contributed by atoms with E-state index >= 15 is 0 Å². The van der Waals surface area contributed by atoms with Crippen molar-refractivity contribution < 1.29 is 18.6 Å². The molecule has 0 spiro atoms. The number of hydrogen-bond donors (Lipinski definition) is 0. The molecule has 3 aliphatic rings. The molecule has 1 aliphatic heterocycles. The van der Waals surface area contributed by atoms with Crippen molar-refractivity contribution in [2.45, 2.75) is 83.2 Å². The van der Waals surface area contributed by atoms with Crippen LogP contribution in [-0.4, -0.2) is 25.6 Å². The molecule has 1 saturated heterocycles. The SMILES string of the molecule is Fc1cc(COC2CCC([C@H]3CC[C@H](CCC4OCCO4)CC3)CC2)ccc1Cl. The molecule has 4 rings (SSSR count). The maximum Gasteiger partial charge on any atom is 0.157 e. The third-order valence-corrected chi connectivity index (χ3v) is 7.55. The van der Waals surface area contributed by atoms with Crippen molar-refractivity contribution in [3.05, 3.63) is 34.6 Å². The van der Waals surface area contributed by atoms with Crippen LogP contribution in [0.2, 0.25) is 5.02 Å². The number of ether oxygens (including phenoxy) is 3. The average molecular weight is 425 g/mol. The van der Waals surface area contributed by atoms with Crippen molar-refractivity contribution in [2.75, 3.05) is 13.2 Å². The minimum Gasteiger partial charge on any atom is -0.374 e. The van der Waals surface area contributed by atoms with Gasteiger partial charge in [-0.3, -0.25) is 0 Å². The summed E-state index contributed by atoms with van der Waals surface area (Å²) in [5.74, 6) is 2.26. The lowest BCUT2D eigenvalue weighted by Gasteiger charge is -2.38. The van der Waals surface area contributed by atoms with E-state index in [1.807, 2.05) is 6.07 Å². The minimum atomic E-state index is -0.365. The first-order valence-electron chi connectivity index (χ1n) is 11.5. The highest BCUT2D eigenvalue weighted by Gasteiger charge is 2.31. The summed E-state index contributed by atoms with van der Waals surface area (Å²) in [6.07, 6.45) is 13.0. The lowest BCUT2D eigenvalue weighted by Crippen LogP contribution is -2.28. The first kappa shape index (κ1) is 21.5. The van der Waals surface area contributed by atoms with Gasteiger partial charge in [-0.15, -0.1) is 0 Å². The van der Waals surface area contributed by atoms with Gasteiger partial charge in [0, 0.05) is 0 Å². The normalized spacial score (nSPS) is 31.2. The van der Waals surface area contributed by atoms with E-state index in [-0.39, 0.29) is 17.1 Å². The summed E-state index contributed by atoms with van der Waals surface area (Å²) in [5.41, 5.74) is 0.862. The molecule has 1 aromatic carbocycles. The van der Waals surface area contributed by atoms with Gasteiger partial charge in [0.15, 0.2) is 6.29 Å². The van der Waals surface area contributed by atoms with E-state index in [1.165, 1.54) is 51.0 Å². The summed E-state index contributed by atoms with van der Waals surface area (Å²) in [6.45, 7) is 2.00. The van der Waals surface area contributed by atoms with E-state index < -0.39 is 0 Å². The van der Waals surface area contributed by atoms with E-state index in [0.29, 0.717) is 12.7 Å². The summed E-state index contributed by atoms with van der Waals surface area (Å²) in [4.78, 5) is 0. The van der Waals surface area contributed by atoms with Crippen LogP contribution in [-0.2, 0) is 20.8 Å². The molecule has 2 saturated carbocycles. The van der Waals surface area contributed by atoms with Crippen molar-refractivity contribution in [1.82, 2.24) is 0 Å². The Kier molecular flexibility index (Phi) is 7.85. The van der Waals surface area contributed by atoms with Crippen molar-refractivity contribution in [2.24, 2.45) is 17.8 Å². The second-order valence-corrected chi connectivity index (χ2v) is 9.53. The first-order chi connectivity index (χ1) is 14.2. The monoisotopic (exact) mass is 424 g/mol. The zero-order valence-corrected chi connectivity index (χ0v) is 18.0. The molecular formula is C24H34ClFO3. The third kappa shape index (κ3) is 6.16. The van der Waals surface area contributed by atoms with E-state index in [2.05, 4.69) is 0 Å². The summed E-state index contributed by atoms with van der Waals surface area (Å²) < 4.78 is 30.8. The highest BCUT2D eigenvalue weighted by Crippen LogP contribution is 2.41. The Morgan fingerprint density at radius 3 is 2.21 bits per heavy atom. The molecule has 2 aliphatic carbocycles. The van der Waals surface area contributed by atoms with Gasteiger partial charge in [0.25, 0.3) is 0 Å². The standard InChI is InChI=1S/C24H34ClFO3/c25-22-11-3-18(15-23(22)26)16-29-21-9-7-20(8-10-21)19-5-1-17(2-6-19)4-12-24-27-13-14-28-24/h3,11,15,17,19-21,24H,1-2,4-10,12-14,16H2/t17-,19-,20?,21?. The van der Waals surface area contributed by atoms with Crippen molar-refractivity contribution >= 4 is 11.6 Å². The highest BCUT2D eigenvalue weighted by atomic mass is 35.5. The lowest BCUT2D eigenvalue weighted by atomic mass is 9.70. The van der Waals surface area contributed by atoms with Crippen molar-refractivity contribution in [3.63, 3.8) is 0 Å². The zero-order chi connectivity index (χ0) is 20.1. The van der Waals surface area contributed by atoms with Crippen LogP contribution < -0.4 is 0 Å². The molecule has 3 nitrogen and oxygen atoms in total. The van der Waals surface area contributed by atoms with Gasteiger partial charge in [-0.1, -0.05) is 30.5 Å². The van der Waals surface area contributed by atoms with Crippen LogP contribution in [0.1, 0.15) is 69.8 Å². The van der Waals surface area contributed by atoms with Crippen molar-refractivity contribution in [3.8, 4) is 0 Å². The quantitative estimate of drug-likeness (QED) is 0.499. The minimum absolute atomic E-state index is 0.0624.